The molecule has 0 spiro atoms. The monoisotopic (exact) mass is 261 g/mol. The van der Waals surface area contributed by atoms with Crippen LogP contribution in [0.3, 0.4) is 0 Å². The number of carbonyl (C=O) groups excluding carboxylic acids is 2. The molecule has 0 aliphatic carbocycles. The number of nitriles is 1. The lowest BCUT2D eigenvalue weighted by Gasteiger charge is -2.16. The minimum Gasteiger partial charge on any atom is -0.465 e. The molecule has 6 heteroatoms. The Labute approximate surface area is 111 Å². The zero-order valence-electron chi connectivity index (χ0n) is 10.8. The maximum absolute atomic E-state index is 11.8. The number of hydrogen-bond donors (Lipinski definition) is 1. The number of ether oxygens (including phenoxy) is 1. The zero-order chi connectivity index (χ0) is 14.3. The van der Waals surface area contributed by atoms with E-state index in [1.165, 1.54) is 11.9 Å². The molecule has 0 atom stereocenters. The Bertz CT molecular complexity index is 508. The molecule has 0 saturated carbocycles. The summed E-state index contributed by atoms with van der Waals surface area (Å²) in [5, 5.41) is 11.3. The second-order valence-electron chi connectivity index (χ2n) is 3.78. The van der Waals surface area contributed by atoms with E-state index in [4.69, 9.17) is 10.00 Å². The highest BCUT2D eigenvalue weighted by atomic mass is 16.5. The molecule has 19 heavy (non-hydrogen) atoms. The summed E-state index contributed by atoms with van der Waals surface area (Å²) in [4.78, 5) is 24.2. The van der Waals surface area contributed by atoms with Crippen LogP contribution >= 0.6 is 0 Å². The first-order valence-corrected chi connectivity index (χ1v) is 5.74. The van der Waals surface area contributed by atoms with Gasteiger partial charge >= 0.3 is 12.0 Å². The van der Waals surface area contributed by atoms with Gasteiger partial charge in [-0.1, -0.05) is 6.07 Å². The number of amides is 2. The highest BCUT2D eigenvalue weighted by Gasteiger charge is 2.13. The van der Waals surface area contributed by atoms with Crippen LogP contribution in [0.2, 0.25) is 0 Å². The third kappa shape index (κ3) is 4.68. The normalized spacial score (nSPS) is 9.32. The highest BCUT2D eigenvalue weighted by Crippen LogP contribution is 2.10. The summed E-state index contributed by atoms with van der Waals surface area (Å²) >= 11 is 0. The quantitative estimate of drug-likeness (QED) is 0.834. The van der Waals surface area contributed by atoms with E-state index in [0.717, 1.165) is 0 Å². The lowest BCUT2D eigenvalue weighted by molar-refractivity contribution is -0.143. The van der Waals surface area contributed by atoms with Crippen LogP contribution in [-0.2, 0) is 9.53 Å². The number of carbonyl (C=O) groups is 2. The molecule has 0 aromatic heterocycles. The van der Waals surface area contributed by atoms with Crippen LogP contribution in [0.4, 0.5) is 10.5 Å². The van der Waals surface area contributed by atoms with Crippen LogP contribution in [0.1, 0.15) is 12.5 Å². The van der Waals surface area contributed by atoms with Crippen molar-refractivity contribution < 1.29 is 14.3 Å². The summed E-state index contributed by atoms with van der Waals surface area (Å²) in [7, 11) is 1.49. The minimum atomic E-state index is -0.467. The van der Waals surface area contributed by atoms with Gasteiger partial charge in [0.2, 0.25) is 0 Å². The molecule has 0 unspecified atom stereocenters. The number of esters is 1. The molecule has 0 saturated heterocycles. The molecule has 1 rings (SSSR count). The summed E-state index contributed by atoms with van der Waals surface area (Å²) in [5.41, 5.74) is 0.950. The average molecular weight is 261 g/mol. The van der Waals surface area contributed by atoms with Crippen molar-refractivity contribution in [1.29, 1.82) is 5.26 Å². The van der Waals surface area contributed by atoms with Crippen LogP contribution in [0.5, 0.6) is 0 Å². The summed E-state index contributed by atoms with van der Waals surface area (Å²) in [6, 6.07) is 8.06. The number of benzene rings is 1. The van der Waals surface area contributed by atoms with Gasteiger partial charge in [-0.15, -0.1) is 0 Å². The van der Waals surface area contributed by atoms with E-state index in [-0.39, 0.29) is 13.2 Å². The summed E-state index contributed by atoms with van der Waals surface area (Å²) in [5.74, 6) is -0.467. The van der Waals surface area contributed by atoms with Gasteiger partial charge < -0.3 is 15.0 Å². The Morgan fingerprint density at radius 3 is 2.84 bits per heavy atom. The number of likely N-dealkylation sites (N-methyl/N-ethyl adjacent to an activating group) is 1. The summed E-state index contributed by atoms with van der Waals surface area (Å²) in [6.07, 6.45) is 0. The molecule has 2 amide bonds. The molecule has 0 heterocycles. The first-order valence-electron chi connectivity index (χ1n) is 5.74. The molecule has 0 aliphatic heterocycles. The first-order chi connectivity index (χ1) is 9.06. The van der Waals surface area contributed by atoms with E-state index in [1.54, 1.807) is 31.2 Å². The van der Waals surface area contributed by atoms with E-state index in [0.29, 0.717) is 11.3 Å². The Morgan fingerprint density at radius 1 is 1.47 bits per heavy atom. The topological polar surface area (TPSA) is 82.4 Å². The van der Waals surface area contributed by atoms with Gasteiger partial charge in [-0.2, -0.15) is 5.26 Å². The van der Waals surface area contributed by atoms with Crippen LogP contribution in [0.25, 0.3) is 0 Å². The minimum absolute atomic E-state index is 0.127. The second-order valence-corrected chi connectivity index (χ2v) is 3.78. The number of hydrogen-bond acceptors (Lipinski definition) is 4. The molecule has 6 nitrogen and oxygen atoms in total. The summed E-state index contributed by atoms with van der Waals surface area (Å²) in [6.45, 7) is 1.85. The SMILES string of the molecule is CCOC(=O)CN(C)C(=O)Nc1cccc(C#N)c1. The van der Waals surface area contributed by atoms with Crippen molar-refractivity contribution in [2.75, 3.05) is 25.5 Å². The van der Waals surface area contributed by atoms with E-state index >= 15 is 0 Å². The largest absolute Gasteiger partial charge is 0.465 e. The molecule has 0 aliphatic rings. The molecular weight excluding hydrogens is 246 g/mol. The molecule has 100 valence electrons. The maximum Gasteiger partial charge on any atom is 0.325 e. The van der Waals surface area contributed by atoms with E-state index in [1.807, 2.05) is 6.07 Å². The smallest absolute Gasteiger partial charge is 0.325 e. The standard InChI is InChI=1S/C13H15N3O3/c1-3-19-12(17)9-16(2)13(18)15-11-6-4-5-10(7-11)8-14/h4-7H,3,9H2,1-2H3,(H,15,18). The molecular formula is C13H15N3O3. The lowest BCUT2D eigenvalue weighted by Crippen LogP contribution is -2.36. The average Bonchev–Trinajstić information content (AvgIpc) is 2.39. The zero-order valence-corrected chi connectivity index (χ0v) is 10.8. The summed E-state index contributed by atoms with van der Waals surface area (Å²) < 4.78 is 4.75. The molecule has 1 aromatic rings. The lowest BCUT2D eigenvalue weighted by atomic mass is 10.2. The highest BCUT2D eigenvalue weighted by molar-refractivity contribution is 5.91. The van der Waals surface area contributed by atoms with Crippen molar-refractivity contribution in [1.82, 2.24) is 4.90 Å². The van der Waals surface area contributed by atoms with Gasteiger partial charge in [0.1, 0.15) is 6.54 Å². The number of anilines is 1. The van der Waals surface area contributed by atoms with Crippen molar-refractivity contribution in [3.63, 3.8) is 0 Å². The van der Waals surface area contributed by atoms with Gasteiger partial charge in [0.05, 0.1) is 18.2 Å². The van der Waals surface area contributed by atoms with Crippen molar-refractivity contribution in [3.05, 3.63) is 29.8 Å². The van der Waals surface area contributed by atoms with Crippen molar-refractivity contribution in [2.45, 2.75) is 6.92 Å². The number of urea groups is 1. The Kier molecular flexibility index (Phi) is 5.35. The van der Waals surface area contributed by atoms with Gasteiger partial charge in [0.15, 0.2) is 0 Å². The maximum atomic E-state index is 11.8. The van der Waals surface area contributed by atoms with Crippen LogP contribution < -0.4 is 5.32 Å². The fraction of sp³-hybridized carbons (Fsp3) is 0.308. The Balaban J connectivity index is 2.59. The predicted octanol–water partition coefficient (Wildman–Crippen LogP) is 1.59. The van der Waals surface area contributed by atoms with E-state index in [9.17, 15) is 9.59 Å². The van der Waals surface area contributed by atoms with Gasteiger partial charge in [0.25, 0.3) is 0 Å². The van der Waals surface area contributed by atoms with Gasteiger partial charge in [-0.25, -0.2) is 4.79 Å². The van der Waals surface area contributed by atoms with Crippen LogP contribution in [0, 0.1) is 11.3 Å². The number of rotatable bonds is 4. The van der Waals surface area contributed by atoms with Crippen molar-refractivity contribution in [2.24, 2.45) is 0 Å². The molecule has 1 N–H and O–H groups in total. The van der Waals surface area contributed by atoms with Crippen molar-refractivity contribution in [3.8, 4) is 6.07 Å². The third-order valence-corrected chi connectivity index (χ3v) is 2.26. The Hall–Kier alpha value is -2.55. The van der Waals surface area contributed by atoms with Gasteiger partial charge in [-0.05, 0) is 25.1 Å². The fourth-order valence-electron chi connectivity index (χ4n) is 1.36. The third-order valence-electron chi connectivity index (χ3n) is 2.26. The molecule has 0 radical (unpaired) electrons. The predicted molar refractivity (Wildman–Crippen MR) is 69.4 cm³/mol. The molecule has 1 aromatic carbocycles. The van der Waals surface area contributed by atoms with Crippen LogP contribution in [-0.4, -0.2) is 37.1 Å². The molecule has 0 bridgehead atoms. The second kappa shape index (κ2) is 7.01. The number of nitrogens with one attached hydrogen (secondary N) is 1. The van der Waals surface area contributed by atoms with E-state index in [2.05, 4.69) is 5.32 Å². The Morgan fingerprint density at radius 2 is 2.21 bits per heavy atom. The van der Waals surface area contributed by atoms with Crippen LogP contribution in [0.15, 0.2) is 24.3 Å². The first kappa shape index (κ1) is 14.5. The van der Waals surface area contributed by atoms with Crippen molar-refractivity contribution >= 4 is 17.7 Å². The number of nitrogens with zero attached hydrogens (tertiary/aromatic N) is 2. The van der Waals surface area contributed by atoms with Gasteiger partial charge in [0, 0.05) is 12.7 Å². The van der Waals surface area contributed by atoms with Gasteiger partial charge in [-0.3, -0.25) is 4.79 Å². The van der Waals surface area contributed by atoms with E-state index < -0.39 is 12.0 Å². The fourth-order valence-corrected chi connectivity index (χ4v) is 1.36. The molecule has 0 fully saturated rings.